The Balaban J connectivity index is 1.80. The molecule has 3 heteroatoms. The summed E-state index contributed by atoms with van der Waals surface area (Å²) in [5.74, 6) is -0.255. The molecule has 1 saturated carbocycles. The van der Waals surface area contributed by atoms with E-state index in [0.29, 0.717) is 11.5 Å². The molecule has 1 heterocycles. The van der Waals surface area contributed by atoms with Crippen LogP contribution in [0.5, 0.6) is 0 Å². The second-order valence-electron chi connectivity index (χ2n) is 5.83. The lowest BCUT2D eigenvalue weighted by atomic mass is 9.75. The molecule has 1 fully saturated rings. The summed E-state index contributed by atoms with van der Waals surface area (Å²) in [7, 11) is 0. The minimum atomic E-state index is -0.255. The average Bonchev–Trinajstić information content (AvgIpc) is 2.28. The van der Waals surface area contributed by atoms with Gasteiger partial charge in [-0.2, -0.15) is 0 Å². The van der Waals surface area contributed by atoms with Gasteiger partial charge in [0, 0.05) is 18.8 Å². The first kappa shape index (κ1) is 12.5. The summed E-state index contributed by atoms with van der Waals surface area (Å²) in [5.41, 5.74) is 1.42. The largest absolute Gasteiger partial charge is 0.310 e. The standard InChI is InChI=1S/C14H21FN2/c1-14(2)5-3-13(4-6-14)17-9-11-7-12(15)10-16-8-11/h7-8,10,13,17H,3-6,9H2,1-2H3. The maximum atomic E-state index is 12.9. The highest BCUT2D eigenvalue weighted by atomic mass is 19.1. The molecule has 1 aliphatic rings. The van der Waals surface area contributed by atoms with Crippen LogP contribution in [0.3, 0.4) is 0 Å². The van der Waals surface area contributed by atoms with E-state index in [0.717, 1.165) is 12.1 Å². The van der Waals surface area contributed by atoms with Crippen molar-refractivity contribution in [3.63, 3.8) is 0 Å². The number of hydrogen-bond donors (Lipinski definition) is 1. The fraction of sp³-hybridized carbons (Fsp3) is 0.643. The molecule has 0 saturated heterocycles. The van der Waals surface area contributed by atoms with E-state index in [9.17, 15) is 4.39 Å². The molecular formula is C14H21FN2. The van der Waals surface area contributed by atoms with Gasteiger partial charge in [0.15, 0.2) is 0 Å². The van der Waals surface area contributed by atoms with Gasteiger partial charge in [-0.25, -0.2) is 4.39 Å². The highest BCUT2D eigenvalue weighted by Gasteiger charge is 2.26. The van der Waals surface area contributed by atoms with Gasteiger partial charge in [0.25, 0.3) is 0 Å². The Morgan fingerprint density at radius 1 is 1.35 bits per heavy atom. The van der Waals surface area contributed by atoms with Crippen molar-refractivity contribution in [3.8, 4) is 0 Å². The smallest absolute Gasteiger partial charge is 0.141 e. The summed E-state index contributed by atoms with van der Waals surface area (Å²) >= 11 is 0. The van der Waals surface area contributed by atoms with Crippen LogP contribution >= 0.6 is 0 Å². The van der Waals surface area contributed by atoms with Gasteiger partial charge in [0.05, 0.1) is 6.20 Å². The summed E-state index contributed by atoms with van der Waals surface area (Å²) in [5, 5.41) is 3.50. The molecule has 0 aromatic carbocycles. The van der Waals surface area contributed by atoms with Crippen LogP contribution in [0.1, 0.15) is 45.1 Å². The van der Waals surface area contributed by atoms with E-state index in [1.807, 2.05) is 0 Å². The predicted molar refractivity (Wildman–Crippen MR) is 67.1 cm³/mol. The summed E-state index contributed by atoms with van der Waals surface area (Å²) in [6.45, 7) is 5.38. The molecular weight excluding hydrogens is 215 g/mol. The van der Waals surface area contributed by atoms with Crippen molar-refractivity contribution in [1.29, 1.82) is 0 Å². The average molecular weight is 236 g/mol. The van der Waals surface area contributed by atoms with Crippen LogP contribution < -0.4 is 5.32 Å². The Morgan fingerprint density at radius 2 is 2.06 bits per heavy atom. The molecule has 0 radical (unpaired) electrons. The Hall–Kier alpha value is -0.960. The van der Waals surface area contributed by atoms with E-state index >= 15 is 0 Å². The highest BCUT2D eigenvalue weighted by molar-refractivity contribution is 5.09. The molecule has 0 unspecified atom stereocenters. The van der Waals surface area contributed by atoms with Crippen molar-refractivity contribution in [3.05, 3.63) is 29.8 Å². The lowest BCUT2D eigenvalue weighted by Crippen LogP contribution is -2.35. The van der Waals surface area contributed by atoms with Crippen molar-refractivity contribution < 1.29 is 4.39 Å². The third-order valence-corrected chi connectivity index (χ3v) is 3.70. The molecule has 1 N–H and O–H groups in total. The number of hydrogen-bond acceptors (Lipinski definition) is 2. The number of pyridine rings is 1. The molecule has 0 atom stereocenters. The van der Waals surface area contributed by atoms with Crippen LogP contribution in [-0.4, -0.2) is 11.0 Å². The fourth-order valence-corrected chi connectivity index (χ4v) is 2.42. The molecule has 94 valence electrons. The molecule has 2 nitrogen and oxygen atoms in total. The van der Waals surface area contributed by atoms with Crippen LogP contribution in [0.15, 0.2) is 18.5 Å². The molecule has 1 aromatic heterocycles. The van der Waals surface area contributed by atoms with E-state index < -0.39 is 0 Å². The summed E-state index contributed by atoms with van der Waals surface area (Å²) in [6.07, 6.45) is 7.94. The first-order valence-corrected chi connectivity index (χ1v) is 6.38. The molecule has 0 aliphatic heterocycles. The van der Waals surface area contributed by atoms with Crippen LogP contribution in [-0.2, 0) is 6.54 Å². The van der Waals surface area contributed by atoms with Gasteiger partial charge in [0.1, 0.15) is 5.82 Å². The van der Waals surface area contributed by atoms with Gasteiger partial charge in [-0.1, -0.05) is 13.8 Å². The van der Waals surface area contributed by atoms with Crippen molar-refractivity contribution in [2.75, 3.05) is 0 Å². The second kappa shape index (κ2) is 5.13. The Kier molecular flexibility index (Phi) is 3.77. The molecule has 0 bridgehead atoms. The number of rotatable bonds is 3. The number of nitrogens with one attached hydrogen (secondary N) is 1. The van der Waals surface area contributed by atoms with E-state index in [1.165, 1.54) is 31.9 Å². The predicted octanol–water partition coefficient (Wildman–Crippen LogP) is 3.28. The van der Waals surface area contributed by atoms with Gasteiger partial charge >= 0.3 is 0 Å². The monoisotopic (exact) mass is 236 g/mol. The first-order chi connectivity index (χ1) is 8.05. The quantitative estimate of drug-likeness (QED) is 0.871. The lowest BCUT2D eigenvalue weighted by Gasteiger charge is -2.34. The number of halogens is 1. The van der Waals surface area contributed by atoms with Crippen molar-refractivity contribution in [1.82, 2.24) is 10.3 Å². The van der Waals surface area contributed by atoms with Crippen LogP contribution in [0.25, 0.3) is 0 Å². The van der Waals surface area contributed by atoms with E-state index in [4.69, 9.17) is 0 Å². The van der Waals surface area contributed by atoms with Crippen molar-refractivity contribution in [2.24, 2.45) is 5.41 Å². The highest BCUT2D eigenvalue weighted by Crippen LogP contribution is 2.35. The molecule has 2 rings (SSSR count). The van der Waals surface area contributed by atoms with Gasteiger partial charge in [-0.3, -0.25) is 4.98 Å². The maximum absolute atomic E-state index is 12.9. The third-order valence-electron chi connectivity index (χ3n) is 3.70. The van der Waals surface area contributed by atoms with E-state index in [-0.39, 0.29) is 5.82 Å². The van der Waals surface area contributed by atoms with E-state index in [2.05, 4.69) is 24.1 Å². The zero-order valence-electron chi connectivity index (χ0n) is 10.7. The SMILES string of the molecule is CC1(C)CCC(NCc2cncc(F)c2)CC1. The summed E-state index contributed by atoms with van der Waals surface area (Å²) in [6, 6.07) is 2.12. The Morgan fingerprint density at radius 3 is 2.71 bits per heavy atom. The Labute approximate surface area is 103 Å². The second-order valence-corrected chi connectivity index (χ2v) is 5.83. The molecule has 1 aromatic rings. The topological polar surface area (TPSA) is 24.9 Å². The van der Waals surface area contributed by atoms with Crippen LogP contribution in [0, 0.1) is 11.2 Å². The third kappa shape index (κ3) is 3.77. The van der Waals surface area contributed by atoms with Gasteiger partial charge in [-0.15, -0.1) is 0 Å². The first-order valence-electron chi connectivity index (χ1n) is 6.38. The van der Waals surface area contributed by atoms with Crippen LogP contribution in [0.4, 0.5) is 4.39 Å². The fourth-order valence-electron chi connectivity index (χ4n) is 2.42. The zero-order valence-corrected chi connectivity index (χ0v) is 10.7. The molecule has 17 heavy (non-hydrogen) atoms. The summed E-state index contributed by atoms with van der Waals surface area (Å²) < 4.78 is 12.9. The normalized spacial score (nSPS) is 20.4. The lowest BCUT2D eigenvalue weighted by molar-refractivity contribution is 0.206. The van der Waals surface area contributed by atoms with Crippen molar-refractivity contribution in [2.45, 2.75) is 52.1 Å². The zero-order chi connectivity index (χ0) is 12.3. The number of aromatic nitrogens is 1. The van der Waals surface area contributed by atoms with Gasteiger partial charge in [0.2, 0.25) is 0 Å². The molecule has 0 spiro atoms. The molecule has 0 amide bonds. The maximum Gasteiger partial charge on any atom is 0.141 e. The van der Waals surface area contributed by atoms with Gasteiger partial charge < -0.3 is 5.32 Å². The van der Waals surface area contributed by atoms with E-state index in [1.54, 1.807) is 12.3 Å². The minimum Gasteiger partial charge on any atom is -0.310 e. The van der Waals surface area contributed by atoms with Gasteiger partial charge in [-0.05, 0) is 42.7 Å². The Bertz CT molecular complexity index is 366. The minimum absolute atomic E-state index is 0.255. The van der Waals surface area contributed by atoms with Crippen molar-refractivity contribution >= 4 is 0 Å². The molecule has 1 aliphatic carbocycles. The number of nitrogens with zero attached hydrogens (tertiary/aromatic N) is 1. The van der Waals surface area contributed by atoms with Crippen LogP contribution in [0.2, 0.25) is 0 Å². The summed E-state index contributed by atoms with van der Waals surface area (Å²) in [4.78, 5) is 3.86.